The molecule has 2 aromatic heterocycles. The molecule has 6 heteroatoms. The number of fused-ring (bicyclic) bond motifs is 4. The van der Waals surface area contributed by atoms with Crippen molar-refractivity contribution in [2.75, 3.05) is 6.61 Å². The van der Waals surface area contributed by atoms with E-state index in [9.17, 15) is 9.90 Å². The molecule has 0 bridgehead atoms. The molecule has 6 nitrogen and oxygen atoms in total. The monoisotopic (exact) mass is 393 g/mol. The molecule has 0 aliphatic carbocycles. The van der Waals surface area contributed by atoms with Crippen LogP contribution in [0, 0.1) is 6.92 Å². The number of carbonyl (C=O) groups excluding carboxylic acids is 1. The van der Waals surface area contributed by atoms with Crippen LogP contribution in [0.4, 0.5) is 0 Å². The van der Waals surface area contributed by atoms with Crippen molar-refractivity contribution < 1.29 is 14.6 Å². The first-order valence-electron chi connectivity index (χ1n) is 9.79. The van der Waals surface area contributed by atoms with Crippen LogP contribution in [0.1, 0.15) is 44.4 Å². The number of carbonyl (C=O) groups is 1. The van der Waals surface area contributed by atoms with Crippen LogP contribution in [0.2, 0.25) is 0 Å². The maximum Gasteiger partial charge on any atom is 0.333 e. The molecular formula is C23H27N3O3. The zero-order valence-electron chi connectivity index (χ0n) is 17.6. The minimum atomic E-state index is -0.359. The third-order valence-electron chi connectivity index (χ3n) is 5.21. The van der Waals surface area contributed by atoms with Crippen molar-refractivity contribution in [2.45, 2.75) is 46.5 Å². The van der Waals surface area contributed by atoms with Gasteiger partial charge < -0.3 is 9.84 Å². The molecule has 0 saturated heterocycles. The lowest BCUT2D eigenvalue weighted by Gasteiger charge is -2.21. The van der Waals surface area contributed by atoms with Gasteiger partial charge in [-0.05, 0) is 48.6 Å². The summed E-state index contributed by atoms with van der Waals surface area (Å²) in [6.45, 7) is 13.9. The van der Waals surface area contributed by atoms with E-state index in [0.29, 0.717) is 24.4 Å². The molecule has 0 amide bonds. The maximum atomic E-state index is 11.5. The highest BCUT2D eigenvalue weighted by molar-refractivity contribution is 5.87. The SMILES string of the molecule is C=C(C)C(=O)OCCc1ccc2c(c1)n1n(-c3cc(C)cc(C(C)(C)C)c3O)n21. The predicted octanol–water partition coefficient (Wildman–Crippen LogP) is 4.39. The third kappa shape index (κ3) is 3.18. The molecule has 0 aliphatic rings. The van der Waals surface area contributed by atoms with Gasteiger partial charge in [0.2, 0.25) is 0 Å². The number of hydrogen-bond donors (Lipinski definition) is 1. The summed E-state index contributed by atoms with van der Waals surface area (Å²) in [5.74, 6) is -0.0443. The molecule has 152 valence electrons. The fraction of sp³-hybridized carbons (Fsp3) is 0.348. The average molecular weight is 393 g/mol. The minimum Gasteiger partial charge on any atom is -0.505 e. The quantitative estimate of drug-likeness (QED) is 0.404. The number of aryl methyl sites for hydroxylation is 1. The largest absolute Gasteiger partial charge is 0.505 e. The van der Waals surface area contributed by atoms with Gasteiger partial charge in [0.15, 0.2) is 0 Å². The Kier molecular flexibility index (Phi) is 4.26. The molecule has 0 saturated carbocycles. The second-order valence-corrected chi connectivity index (χ2v) is 8.79. The predicted molar refractivity (Wildman–Crippen MR) is 113 cm³/mol. The molecule has 0 atom stereocenters. The Morgan fingerprint density at radius 2 is 1.83 bits per heavy atom. The smallest absolute Gasteiger partial charge is 0.333 e. The number of phenols is 1. The summed E-state index contributed by atoms with van der Waals surface area (Å²) in [7, 11) is 0. The lowest BCUT2D eigenvalue weighted by atomic mass is 9.85. The standard InChI is InChI=1S/C23H27N3O3/c1-14(2)22(28)29-10-9-16-7-8-18-19(13-16)25-24(18)26(25)20-12-15(3)11-17(21(20)27)23(4,5)6/h7-8,11-13,27H,1,9-10H2,2-6H3. The van der Waals surface area contributed by atoms with E-state index in [1.165, 1.54) is 0 Å². The molecule has 29 heavy (non-hydrogen) atoms. The van der Waals surface area contributed by atoms with E-state index in [1.807, 2.05) is 39.2 Å². The van der Waals surface area contributed by atoms with Gasteiger partial charge in [0.25, 0.3) is 0 Å². The Morgan fingerprint density at radius 1 is 1.14 bits per heavy atom. The van der Waals surface area contributed by atoms with E-state index < -0.39 is 0 Å². The molecule has 0 radical (unpaired) electrons. The number of hydrogen-bond acceptors (Lipinski definition) is 3. The van der Waals surface area contributed by atoms with E-state index in [4.69, 9.17) is 4.74 Å². The highest BCUT2D eigenvalue weighted by Crippen LogP contribution is 2.38. The van der Waals surface area contributed by atoms with Crippen molar-refractivity contribution in [2.24, 2.45) is 0 Å². The first-order chi connectivity index (χ1) is 13.6. The fourth-order valence-corrected chi connectivity index (χ4v) is 3.62. The first-order valence-corrected chi connectivity index (χ1v) is 9.79. The average Bonchev–Trinajstić information content (AvgIpc) is 3.29. The van der Waals surface area contributed by atoms with Gasteiger partial charge in [-0.1, -0.05) is 39.5 Å². The molecule has 0 unspecified atom stereocenters. The van der Waals surface area contributed by atoms with Crippen LogP contribution in [-0.2, 0) is 21.4 Å². The van der Waals surface area contributed by atoms with Gasteiger partial charge in [0, 0.05) is 17.6 Å². The zero-order chi connectivity index (χ0) is 21.1. The normalized spacial score (nSPS) is 12.3. The highest BCUT2D eigenvalue weighted by atomic mass is 16.5. The molecular weight excluding hydrogens is 366 g/mol. The Morgan fingerprint density at radius 3 is 2.48 bits per heavy atom. The summed E-state index contributed by atoms with van der Waals surface area (Å²) < 4.78 is 9.25. The number of benzene rings is 2. The van der Waals surface area contributed by atoms with Crippen molar-refractivity contribution in [3.8, 4) is 11.4 Å². The van der Waals surface area contributed by atoms with Crippen LogP contribution in [0.15, 0.2) is 42.5 Å². The highest BCUT2D eigenvalue weighted by Gasteiger charge is 2.29. The van der Waals surface area contributed by atoms with Crippen LogP contribution in [0.5, 0.6) is 5.75 Å². The molecule has 2 heterocycles. The summed E-state index contributed by atoms with van der Waals surface area (Å²) >= 11 is 0. The Labute approximate surface area is 169 Å². The number of aromatic hydroxyl groups is 1. The maximum absolute atomic E-state index is 11.5. The van der Waals surface area contributed by atoms with E-state index in [2.05, 4.69) is 39.5 Å². The number of phenolic OH excluding ortho intramolecular Hbond substituents is 1. The number of ether oxygens (including phenoxy) is 1. The lowest BCUT2D eigenvalue weighted by Crippen LogP contribution is -2.12. The van der Waals surface area contributed by atoms with Crippen LogP contribution < -0.4 is 0 Å². The van der Waals surface area contributed by atoms with E-state index in [0.717, 1.165) is 33.4 Å². The summed E-state index contributed by atoms with van der Waals surface area (Å²) in [6, 6.07) is 10.2. The van der Waals surface area contributed by atoms with Crippen molar-refractivity contribution in [1.29, 1.82) is 0 Å². The summed E-state index contributed by atoms with van der Waals surface area (Å²) in [5.41, 5.74) is 6.34. The van der Waals surface area contributed by atoms with Crippen molar-refractivity contribution in [1.82, 2.24) is 14.1 Å². The Bertz CT molecular complexity index is 1230. The second kappa shape index (κ2) is 6.44. The van der Waals surface area contributed by atoms with Crippen LogP contribution in [-0.4, -0.2) is 31.7 Å². The molecule has 0 aliphatic heterocycles. The van der Waals surface area contributed by atoms with Crippen LogP contribution in [0.3, 0.4) is 0 Å². The Hall–Kier alpha value is -3.15. The number of nitrogens with zero attached hydrogens (tertiary/aromatic N) is 3. The number of rotatable bonds is 5. The van der Waals surface area contributed by atoms with Gasteiger partial charge in [-0.2, -0.15) is 0 Å². The lowest BCUT2D eigenvalue weighted by molar-refractivity contribution is -0.138. The van der Waals surface area contributed by atoms with Gasteiger partial charge in [-0.25, -0.2) is 4.79 Å². The van der Waals surface area contributed by atoms with E-state index in [-0.39, 0.29) is 11.4 Å². The topological polar surface area (TPSA) is 60.3 Å². The van der Waals surface area contributed by atoms with Crippen molar-refractivity contribution in [3.63, 3.8) is 0 Å². The molecule has 4 aromatic rings. The second-order valence-electron chi connectivity index (χ2n) is 8.79. The van der Waals surface area contributed by atoms with E-state index >= 15 is 0 Å². The van der Waals surface area contributed by atoms with E-state index in [1.54, 1.807) is 6.92 Å². The first kappa shape index (κ1) is 19.2. The number of esters is 1. The van der Waals surface area contributed by atoms with Gasteiger partial charge >= 0.3 is 5.97 Å². The van der Waals surface area contributed by atoms with Gasteiger partial charge in [-0.3, -0.25) is 0 Å². The Balaban J connectivity index is 1.63. The van der Waals surface area contributed by atoms with Gasteiger partial charge in [0.05, 0.1) is 6.61 Å². The zero-order valence-corrected chi connectivity index (χ0v) is 17.6. The van der Waals surface area contributed by atoms with Crippen molar-refractivity contribution >= 4 is 17.0 Å². The van der Waals surface area contributed by atoms with Gasteiger partial charge in [0.1, 0.15) is 22.5 Å². The third-order valence-corrected chi connectivity index (χ3v) is 5.21. The van der Waals surface area contributed by atoms with Gasteiger partial charge in [-0.15, -0.1) is 14.1 Å². The van der Waals surface area contributed by atoms with Crippen molar-refractivity contribution in [3.05, 3.63) is 59.2 Å². The molecule has 0 spiro atoms. The molecule has 2 aromatic carbocycles. The summed E-state index contributed by atoms with van der Waals surface area (Å²) in [6.07, 6.45) is 0.643. The molecule has 1 N–H and O–H groups in total. The summed E-state index contributed by atoms with van der Waals surface area (Å²) in [5, 5.41) is 10.9. The number of aromatic nitrogens is 3. The minimum absolute atomic E-state index is 0.147. The summed E-state index contributed by atoms with van der Waals surface area (Å²) in [4.78, 5) is 13.5. The van der Waals surface area contributed by atoms with Crippen LogP contribution in [0.25, 0.3) is 16.7 Å². The fourth-order valence-electron chi connectivity index (χ4n) is 3.62. The molecule has 0 fully saturated rings. The van der Waals surface area contributed by atoms with Crippen LogP contribution >= 0.6 is 0 Å². The molecule has 4 rings (SSSR count).